The van der Waals surface area contributed by atoms with E-state index >= 15 is 0 Å². The van der Waals surface area contributed by atoms with Crippen molar-refractivity contribution in [3.8, 4) is 11.5 Å². The van der Waals surface area contributed by atoms with Crippen molar-refractivity contribution in [2.75, 3.05) is 0 Å². The van der Waals surface area contributed by atoms with Crippen molar-refractivity contribution in [3.05, 3.63) is 58.1 Å². The molecule has 0 atom stereocenters. The number of phenols is 1. The van der Waals surface area contributed by atoms with Gasteiger partial charge in [-0.1, -0.05) is 39.0 Å². The summed E-state index contributed by atoms with van der Waals surface area (Å²) >= 11 is 0. The highest BCUT2D eigenvalue weighted by Crippen LogP contribution is 2.44. The summed E-state index contributed by atoms with van der Waals surface area (Å²) in [6.45, 7) is 7.48. The first-order valence-corrected chi connectivity index (χ1v) is 9.21. The van der Waals surface area contributed by atoms with Crippen molar-refractivity contribution in [1.82, 2.24) is 0 Å². The Hall–Kier alpha value is -2.25. The number of ketones is 1. The summed E-state index contributed by atoms with van der Waals surface area (Å²) in [7, 11) is 0. The third-order valence-corrected chi connectivity index (χ3v) is 4.44. The smallest absolute Gasteiger partial charge is 0.423 e. The molecule has 0 aliphatic rings. The second-order valence-corrected chi connectivity index (χ2v) is 8.25. The molecule has 2 rings (SSSR count). The van der Waals surface area contributed by atoms with Crippen molar-refractivity contribution in [2.45, 2.75) is 53.4 Å². The van der Waals surface area contributed by atoms with Crippen molar-refractivity contribution in [1.29, 1.82) is 0 Å². The second kappa shape index (κ2) is 9.71. The molecule has 2 aromatic carbocycles. The molecule has 0 fully saturated rings. The van der Waals surface area contributed by atoms with E-state index in [1.807, 2.05) is 6.92 Å². The number of alkyl halides is 3. The number of Topliss-reactive ketones (excluding diaryl/α,β-unsaturated/α-hetero) is 1. The fourth-order valence-electron chi connectivity index (χ4n) is 3.01. The number of aromatic hydroxyl groups is 1. The highest BCUT2D eigenvalue weighted by molar-refractivity contribution is 5.99. The molecule has 0 radical (unpaired) electrons. The molecule has 0 bridgehead atoms. The maximum Gasteiger partial charge on any atom is 0.423 e. The van der Waals surface area contributed by atoms with Gasteiger partial charge in [0.05, 0.1) is 5.56 Å². The summed E-state index contributed by atoms with van der Waals surface area (Å²) in [5, 5.41) is 10.2. The van der Waals surface area contributed by atoms with Crippen LogP contribution in [0.2, 0.25) is 0 Å². The van der Waals surface area contributed by atoms with Crippen molar-refractivity contribution < 1.29 is 27.8 Å². The van der Waals surface area contributed by atoms with Gasteiger partial charge in [-0.05, 0) is 41.2 Å². The van der Waals surface area contributed by atoms with E-state index in [1.54, 1.807) is 39.0 Å². The molecule has 0 saturated carbocycles. The standard InChI is InChI=1S/C22H26F3NO3.ClH/c1-13-9-14(5-6-15(13)11-26)12-29-18-8-7-16(17(27)10-21(2,3)4)20(28)19(18)22(23,24)25;/h5-9,28H,10-12,26H2,1-4H3;1H. The molecule has 0 saturated heterocycles. The predicted molar refractivity (Wildman–Crippen MR) is 112 cm³/mol. The normalized spacial score (nSPS) is 11.7. The Morgan fingerprint density at radius 2 is 1.77 bits per heavy atom. The van der Waals surface area contributed by atoms with Crippen LogP contribution in [0.4, 0.5) is 13.2 Å². The predicted octanol–water partition coefficient (Wildman–Crippen LogP) is 5.80. The Bertz CT molecular complexity index is 906. The number of hydrogen-bond acceptors (Lipinski definition) is 4. The fourth-order valence-corrected chi connectivity index (χ4v) is 3.01. The average molecular weight is 446 g/mol. The first-order valence-electron chi connectivity index (χ1n) is 9.21. The van der Waals surface area contributed by atoms with Crippen LogP contribution >= 0.6 is 12.4 Å². The third kappa shape index (κ3) is 6.37. The first-order chi connectivity index (χ1) is 13.3. The Morgan fingerprint density at radius 3 is 2.27 bits per heavy atom. The van der Waals surface area contributed by atoms with Gasteiger partial charge in [0, 0.05) is 13.0 Å². The number of carbonyl (C=O) groups excluding carboxylic acids is 1. The van der Waals surface area contributed by atoms with Crippen LogP contribution in [0.15, 0.2) is 30.3 Å². The lowest BCUT2D eigenvalue weighted by atomic mass is 9.87. The largest absolute Gasteiger partial charge is 0.506 e. The minimum Gasteiger partial charge on any atom is -0.506 e. The van der Waals surface area contributed by atoms with Gasteiger partial charge in [-0.3, -0.25) is 4.79 Å². The van der Waals surface area contributed by atoms with Crippen LogP contribution in [0.3, 0.4) is 0 Å². The Labute approximate surface area is 180 Å². The van der Waals surface area contributed by atoms with Gasteiger partial charge in [0.1, 0.15) is 23.7 Å². The molecular formula is C22H27ClF3NO3. The molecule has 0 spiro atoms. The minimum atomic E-state index is -4.88. The molecule has 3 N–H and O–H groups in total. The van der Waals surface area contributed by atoms with Gasteiger partial charge in [0.15, 0.2) is 5.78 Å². The summed E-state index contributed by atoms with van der Waals surface area (Å²) in [4.78, 5) is 12.4. The zero-order valence-corrected chi connectivity index (χ0v) is 18.2. The molecule has 0 unspecified atom stereocenters. The van der Waals surface area contributed by atoms with Crippen molar-refractivity contribution in [2.24, 2.45) is 11.1 Å². The number of ether oxygens (including phenoxy) is 1. The summed E-state index contributed by atoms with van der Waals surface area (Å²) in [5.74, 6) is -2.18. The van der Waals surface area contributed by atoms with Crippen molar-refractivity contribution >= 4 is 18.2 Å². The maximum atomic E-state index is 13.6. The van der Waals surface area contributed by atoms with Gasteiger partial charge < -0.3 is 15.6 Å². The molecule has 30 heavy (non-hydrogen) atoms. The lowest BCUT2D eigenvalue weighted by molar-refractivity contribution is -0.140. The third-order valence-electron chi connectivity index (χ3n) is 4.44. The summed E-state index contributed by atoms with van der Waals surface area (Å²) < 4.78 is 46.2. The molecule has 2 aromatic rings. The van der Waals surface area contributed by atoms with Crippen LogP contribution in [0, 0.1) is 12.3 Å². The Morgan fingerprint density at radius 1 is 1.13 bits per heavy atom. The molecule has 166 valence electrons. The highest BCUT2D eigenvalue weighted by atomic mass is 35.5. The van der Waals surface area contributed by atoms with E-state index in [2.05, 4.69) is 0 Å². The van der Waals surface area contributed by atoms with Gasteiger partial charge in [0.2, 0.25) is 0 Å². The molecule has 0 aromatic heterocycles. The SMILES string of the molecule is Cc1cc(COc2ccc(C(=O)CC(C)(C)C)c(O)c2C(F)(F)F)ccc1CN.Cl. The number of hydrogen-bond donors (Lipinski definition) is 2. The van der Waals surface area contributed by atoms with Crippen LogP contribution in [-0.4, -0.2) is 10.9 Å². The topological polar surface area (TPSA) is 72.5 Å². The fraction of sp³-hybridized carbons (Fsp3) is 0.409. The molecule has 0 aliphatic heterocycles. The van der Waals surface area contributed by atoms with Crippen LogP contribution in [-0.2, 0) is 19.3 Å². The summed E-state index contributed by atoms with van der Waals surface area (Å²) in [6, 6.07) is 7.57. The second-order valence-electron chi connectivity index (χ2n) is 8.25. The van der Waals surface area contributed by atoms with E-state index in [0.29, 0.717) is 12.1 Å². The van der Waals surface area contributed by atoms with E-state index < -0.39 is 34.4 Å². The summed E-state index contributed by atoms with van der Waals surface area (Å²) in [5.41, 5.74) is 6.00. The molecule has 4 nitrogen and oxygen atoms in total. The molecular weight excluding hydrogens is 419 g/mol. The number of halogens is 4. The zero-order chi connectivity index (χ0) is 22.0. The number of phenolic OH excluding ortho intramolecular Hbond substituents is 1. The number of rotatable bonds is 6. The minimum absolute atomic E-state index is 0. The van der Waals surface area contributed by atoms with Crippen LogP contribution in [0.1, 0.15) is 59.8 Å². The molecule has 0 amide bonds. The quantitative estimate of drug-likeness (QED) is 0.551. The lowest BCUT2D eigenvalue weighted by Gasteiger charge is -2.20. The molecule has 0 heterocycles. The number of aryl methyl sites for hydroxylation is 1. The monoisotopic (exact) mass is 445 g/mol. The van der Waals surface area contributed by atoms with Gasteiger partial charge in [0.25, 0.3) is 0 Å². The molecule has 0 aliphatic carbocycles. The summed E-state index contributed by atoms with van der Waals surface area (Å²) in [6.07, 6.45) is -4.87. The first kappa shape index (κ1) is 25.8. The maximum absolute atomic E-state index is 13.6. The number of carbonyl (C=O) groups is 1. The van der Waals surface area contributed by atoms with Crippen LogP contribution < -0.4 is 10.5 Å². The number of benzene rings is 2. The number of nitrogens with two attached hydrogens (primary N) is 1. The van der Waals surface area contributed by atoms with Gasteiger partial charge >= 0.3 is 6.18 Å². The lowest BCUT2D eigenvalue weighted by Crippen LogP contribution is -2.16. The average Bonchev–Trinajstić information content (AvgIpc) is 2.57. The molecule has 8 heteroatoms. The van der Waals surface area contributed by atoms with Crippen molar-refractivity contribution in [3.63, 3.8) is 0 Å². The van der Waals surface area contributed by atoms with E-state index in [-0.39, 0.29) is 31.0 Å². The Balaban J connectivity index is 0.00000450. The van der Waals surface area contributed by atoms with E-state index in [4.69, 9.17) is 10.5 Å². The van der Waals surface area contributed by atoms with E-state index in [9.17, 15) is 23.1 Å². The van der Waals surface area contributed by atoms with Crippen LogP contribution in [0.5, 0.6) is 11.5 Å². The van der Waals surface area contributed by atoms with E-state index in [1.165, 1.54) is 6.07 Å². The van der Waals surface area contributed by atoms with Gasteiger partial charge in [-0.15, -0.1) is 12.4 Å². The van der Waals surface area contributed by atoms with Gasteiger partial charge in [-0.25, -0.2) is 0 Å². The van der Waals surface area contributed by atoms with E-state index in [0.717, 1.165) is 17.2 Å². The van der Waals surface area contributed by atoms with Crippen LogP contribution in [0.25, 0.3) is 0 Å². The Kier molecular flexibility index (Phi) is 8.34. The van der Waals surface area contributed by atoms with Gasteiger partial charge in [-0.2, -0.15) is 13.2 Å². The zero-order valence-electron chi connectivity index (χ0n) is 17.4. The highest BCUT2D eigenvalue weighted by Gasteiger charge is 2.40.